The SMILES string of the molecule is CCS[C@H]1CCCCN([C@H](C)c2nc(-c3cccnc3)no2)C1. The highest BCUT2D eigenvalue weighted by atomic mass is 32.2. The maximum absolute atomic E-state index is 5.53. The monoisotopic (exact) mass is 332 g/mol. The summed E-state index contributed by atoms with van der Waals surface area (Å²) in [4.78, 5) is 11.2. The average molecular weight is 332 g/mol. The molecule has 0 N–H and O–H groups in total. The topological polar surface area (TPSA) is 55.1 Å². The number of thioether (sulfide) groups is 1. The van der Waals surface area contributed by atoms with E-state index in [4.69, 9.17) is 4.52 Å². The molecule has 6 heteroatoms. The fraction of sp³-hybridized carbons (Fsp3) is 0.588. The summed E-state index contributed by atoms with van der Waals surface area (Å²) in [6.45, 7) is 6.61. The van der Waals surface area contributed by atoms with Crippen molar-refractivity contribution in [2.75, 3.05) is 18.8 Å². The summed E-state index contributed by atoms with van der Waals surface area (Å²) in [5.74, 6) is 2.50. The molecule has 0 aromatic carbocycles. The van der Waals surface area contributed by atoms with Crippen LogP contribution in [0.1, 0.15) is 45.0 Å². The molecular formula is C17H24N4OS. The normalized spacial score (nSPS) is 21.0. The minimum atomic E-state index is 0.158. The molecule has 3 rings (SSSR count). The van der Waals surface area contributed by atoms with Crippen LogP contribution in [0.3, 0.4) is 0 Å². The van der Waals surface area contributed by atoms with Crippen molar-refractivity contribution < 1.29 is 4.52 Å². The Morgan fingerprint density at radius 2 is 2.35 bits per heavy atom. The van der Waals surface area contributed by atoms with Crippen molar-refractivity contribution in [3.05, 3.63) is 30.4 Å². The number of likely N-dealkylation sites (tertiary alicyclic amines) is 1. The first-order chi connectivity index (χ1) is 11.3. The Bertz CT molecular complexity index is 604. The summed E-state index contributed by atoms with van der Waals surface area (Å²) in [5, 5.41) is 4.84. The Balaban J connectivity index is 1.72. The van der Waals surface area contributed by atoms with Gasteiger partial charge >= 0.3 is 0 Å². The van der Waals surface area contributed by atoms with Crippen LogP contribution in [-0.4, -0.2) is 44.1 Å². The fourth-order valence-electron chi connectivity index (χ4n) is 3.03. The highest BCUT2D eigenvalue weighted by molar-refractivity contribution is 7.99. The highest BCUT2D eigenvalue weighted by Gasteiger charge is 2.26. The molecule has 2 aromatic rings. The van der Waals surface area contributed by atoms with Crippen molar-refractivity contribution in [1.82, 2.24) is 20.0 Å². The summed E-state index contributed by atoms with van der Waals surface area (Å²) >= 11 is 2.07. The lowest BCUT2D eigenvalue weighted by Gasteiger charge is -2.27. The second-order valence-electron chi connectivity index (χ2n) is 5.94. The molecular weight excluding hydrogens is 308 g/mol. The molecule has 1 aliphatic rings. The summed E-state index contributed by atoms with van der Waals surface area (Å²) in [6.07, 6.45) is 7.38. The number of nitrogens with zero attached hydrogens (tertiary/aromatic N) is 4. The van der Waals surface area contributed by atoms with Gasteiger partial charge in [0.1, 0.15) is 0 Å². The van der Waals surface area contributed by atoms with Crippen molar-refractivity contribution in [2.45, 2.75) is 44.4 Å². The molecule has 0 saturated carbocycles. The molecule has 5 nitrogen and oxygen atoms in total. The molecule has 0 amide bonds. The third-order valence-electron chi connectivity index (χ3n) is 4.33. The standard InChI is InChI=1S/C17H24N4OS/c1-3-23-15-8-4-5-10-21(12-15)13(2)17-19-16(20-22-17)14-7-6-9-18-11-14/h6-7,9,11,13,15H,3-5,8,10,12H2,1-2H3/t13-,15+/m1/s1. The molecule has 2 atom stereocenters. The lowest BCUT2D eigenvalue weighted by atomic mass is 10.2. The zero-order chi connectivity index (χ0) is 16.1. The quantitative estimate of drug-likeness (QED) is 0.830. The molecule has 2 aromatic heterocycles. The van der Waals surface area contributed by atoms with Crippen molar-refractivity contribution in [1.29, 1.82) is 0 Å². The number of aromatic nitrogens is 3. The van der Waals surface area contributed by atoms with E-state index >= 15 is 0 Å². The van der Waals surface area contributed by atoms with Gasteiger partial charge in [-0.15, -0.1) is 0 Å². The minimum Gasteiger partial charge on any atom is -0.337 e. The van der Waals surface area contributed by atoms with Crippen molar-refractivity contribution in [3.63, 3.8) is 0 Å². The number of pyridine rings is 1. The Morgan fingerprint density at radius 1 is 1.43 bits per heavy atom. The van der Waals surface area contributed by atoms with Crippen molar-refractivity contribution >= 4 is 11.8 Å². The molecule has 0 aliphatic carbocycles. The molecule has 124 valence electrons. The van der Waals surface area contributed by atoms with Gasteiger partial charge in [-0.3, -0.25) is 9.88 Å². The van der Waals surface area contributed by atoms with Gasteiger partial charge in [0.2, 0.25) is 11.7 Å². The van der Waals surface area contributed by atoms with E-state index in [1.165, 1.54) is 25.0 Å². The third kappa shape index (κ3) is 4.12. The van der Waals surface area contributed by atoms with Gasteiger partial charge in [-0.2, -0.15) is 16.7 Å². The van der Waals surface area contributed by atoms with Crippen LogP contribution >= 0.6 is 11.8 Å². The first-order valence-electron chi connectivity index (χ1n) is 8.37. The Hall–Kier alpha value is -1.40. The third-order valence-corrected chi connectivity index (χ3v) is 5.52. The van der Waals surface area contributed by atoms with Crippen molar-refractivity contribution in [2.24, 2.45) is 0 Å². The molecule has 0 bridgehead atoms. The lowest BCUT2D eigenvalue weighted by Crippen LogP contribution is -2.32. The van der Waals surface area contributed by atoms with Crippen LogP contribution in [-0.2, 0) is 0 Å². The van der Waals surface area contributed by atoms with Gasteiger partial charge in [0.15, 0.2) is 0 Å². The first-order valence-corrected chi connectivity index (χ1v) is 9.42. The van der Waals surface area contributed by atoms with E-state index in [2.05, 4.69) is 45.6 Å². The number of hydrogen-bond acceptors (Lipinski definition) is 6. The zero-order valence-corrected chi connectivity index (χ0v) is 14.6. The molecule has 0 unspecified atom stereocenters. The summed E-state index contributed by atoms with van der Waals surface area (Å²) < 4.78 is 5.53. The van der Waals surface area contributed by atoms with Crippen LogP contribution in [0.5, 0.6) is 0 Å². The van der Waals surface area contributed by atoms with E-state index in [1.54, 1.807) is 12.4 Å². The molecule has 3 heterocycles. The smallest absolute Gasteiger partial charge is 0.244 e. The molecule has 1 saturated heterocycles. The second-order valence-corrected chi connectivity index (χ2v) is 7.52. The number of rotatable bonds is 5. The van der Waals surface area contributed by atoms with E-state index in [0.717, 1.165) is 18.7 Å². The van der Waals surface area contributed by atoms with E-state index in [9.17, 15) is 0 Å². The predicted molar refractivity (Wildman–Crippen MR) is 93.3 cm³/mol. The van der Waals surface area contributed by atoms with E-state index in [-0.39, 0.29) is 6.04 Å². The van der Waals surface area contributed by atoms with Crippen molar-refractivity contribution in [3.8, 4) is 11.4 Å². The van der Waals surface area contributed by atoms with Crippen LogP contribution < -0.4 is 0 Å². The summed E-state index contributed by atoms with van der Waals surface area (Å²) in [5.41, 5.74) is 0.894. The molecule has 1 aliphatic heterocycles. The average Bonchev–Trinajstić information content (AvgIpc) is 2.96. The predicted octanol–water partition coefficient (Wildman–Crippen LogP) is 3.80. The van der Waals surface area contributed by atoms with Crippen LogP contribution in [0.2, 0.25) is 0 Å². The highest BCUT2D eigenvalue weighted by Crippen LogP contribution is 2.28. The largest absolute Gasteiger partial charge is 0.337 e. The molecule has 0 spiro atoms. The van der Waals surface area contributed by atoms with Gasteiger partial charge in [-0.1, -0.05) is 18.5 Å². The van der Waals surface area contributed by atoms with Gasteiger partial charge in [-0.05, 0) is 44.2 Å². The first kappa shape index (κ1) is 16.5. The minimum absolute atomic E-state index is 0.158. The van der Waals surface area contributed by atoms with E-state index in [1.807, 2.05) is 12.1 Å². The van der Waals surface area contributed by atoms with Crippen LogP contribution in [0.15, 0.2) is 29.0 Å². The van der Waals surface area contributed by atoms with E-state index in [0.29, 0.717) is 17.0 Å². The van der Waals surface area contributed by atoms with Gasteiger partial charge in [-0.25, -0.2) is 0 Å². The Morgan fingerprint density at radius 3 is 3.13 bits per heavy atom. The maximum atomic E-state index is 5.53. The molecule has 0 radical (unpaired) electrons. The Kier molecular flexibility index (Phi) is 5.67. The van der Waals surface area contributed by atoms with Crippen LogP contribution in [0.25, 0.3) is 11.4 Å². The summed E-state index contributed by atoms with van der Waals surface area (Å²) in [6, 6.07) is 3.99. The van der Waals surface area contributed by atoms with Gasteiger partial charge in [0.25, 0.3) is 0 Å². The summed E-state index contributed by atoms with van der Waals surface area (Å²) in [7, 11) is 0. The molecule has 1 fully saturated rings. The van der Waals surface area contributed by atoms with Gasteiger partial charge in [0, 0.05) is 29.8 Å². The Labute approximate surface area is 141 Å². The number of hydrogen-bond donors (Lipinski definition) is 0. The second kappa shape index (κ2) is 7.93. The van der Waals surface area contributed by atoms with Crippen LogP contribution in [0.4, 0.5) is 0 Å². The van der Waals surface area contributed by atoms with Gasteiger partial charge in [0.05, 0.1) is 6.04 Å². The lowest BCUT2D eigenvalue weighted by molar-refractivity contribution is 0.180. The van der Waals surface area contributed by atoms with Gasteiger partial charge < -0.3 is 4.52 Å². The van der Waals surface area contributed by atoms with Crippen LogP contribution in [0, 0.1) is 0 Å². The fourth-order valence-corrected chi connectivity index (χ4v) is 4.13. The zero-order valence-electron chi connectivity index (χ0n) is 13.8. The molecule has 23 heavy (non-hydrogen) atoms. The maximum Gasteiger partial charge on any atom is 0.244 e. The van der Waals surface area contributed by atoms with E-state index < -0.39 is 0 Å².